The summed E-state index contributed by atoms with van der Waals surface area (Å²) in [5, 5.41) is 0. The second kappa shape index (κ2) is 8.37. The molecule has 1 aromatic carbocycles. The third-order valence-corrected chi connectivity index (χ3v) is 4.69. The van der Waals surface area contributed by atoms with Gasteiger partial charge in [-0.25, -0.2) is 9.97 Å². The maximum atomic E-state index is 12.4. The summed E-state index contributed by atoms with van der Waals surface area (Å²) in [5.74, 6) is 2.73. The van der Waals surface area contributed by atoms with Gasteiger partial charge in [0.1, 0.15) is 17.9 Å². The third-order valence-electron chi connectivity index (χ3n) is 4.69. The van der Waals surface area contributed by atoms with Crippen LogP contribution in [0.4, 0.5) is 5.82 Å². The Hall–Kier alpha value is -2.63. The smallest absolute Gasteiger partial charge is 0.224 e. The molecule has 144 valence electrons. The lowest BCUT2D eigenvalue weighted by Gasteiger charge is -2.40. The number of carbonyl (C=O) groups excluding carboxylic acids is 1. The number of benzene rings is 1. The summed E-state index contributed by atoms with van der Waals surface area (Å²) in [5.41, 5.74) is 1.14. The zero-order chi connectivity index (χ0) is 19.4. The average Bonchev–Trinajstić information content (AvgIpc) is 2.61. The fourth-order valence-electron chi connectivity index (χ4n) is 3.36. The largest absolute Gasteiger partial charge is 0.439 e. The molecule has 0 bridgehead atoms. The van der Waals surface area contributed by atoms with Gasteiger partial charge in [0.2, 0.25) is 11.8 Å². The summed E-state index contributed by atoms with van der Waals surface area (Å²) < 4.78 is 5.88. The number of hydrogen-bond donors (Lipinski definition) is 0. The third kappa shape index (κ3) is 4.96. The maximum absolute atomic E-state index is 12.4. The number of aromatic nitrogens is 2. The van der Waals surface area contributed by atoms with E-state index in [0.717, 1.165) is 30.2 Å². The lowest BCUT2D eigenvalue weighted by Crippen LogP contribution is -2.54. The number of anilines is 1. The molecule has 3 rings (SSSR count). The first kappa shape index (κ1) is 19.1. The normalized spacial score (nSPS) is 17.3. The fourth-order valence-corrected chi connectivity index (χ4v) is 3.36. The Balaban J connectivity index is 1.66. The molecule has 0 unspecified atom stereocenters. The van der Waals surface area contributed by atoms with Crippen molar-refractivity contribution in [3.63, 3.8) is 0 Å². The van der Waals surface area contributed by atoms with Gasteiger partial charge < -0.3 is 14.5 Å². The molecule has 27 heavy (non-hydrogen) atoms. The first-order valence-corrected chi connectivity index (χ1v) is 9.53. The second-order valence-electron chi connectivity index (χ2n) is 7.61. The highest BCUT2D eigenvalue weighted by atomic mass is 16.5. The van der Waals surface area contributed by atoms with Crippen LogP contribution in [0.2, 0.25) is 0 Å². The van der Waals surface area contributed by atoms with Crippen molar-refractivity contribution in [3.8, 4) is 11.6 Å². The summed E-state index contributed by atoms with van der Waals surface area (Å²) in [4.78, 5) is 25.2. The van der Waals surface area contributed by atoms with Crippen LogP contribution in [0.5, 0.6) is 11.6 Å². The Labute approximate surface area is 161 Å². The van der Waals surface area contributed by atoms with Crippen molar-refractivity contribution in [1.29, 1.82) is 0 Å². The molecule has 0 saturated carbocycles. The predicted octanol–water partition coefficient (Wildman–Crippen LogP) is 3.66. The van der Waals surface area contributed by atoms with Crippen LogP contribution in [0.3, 0.4) is 0 Å². The molecule has 1 aromatic heterocycles. The molecule has 1 saturated heterocycles. The van der Waals surface area contributed by atoms with Crippen molar-refractivity contribution in [3.05, 3.63) is 42.2 Å². The molecule has 0 spiro atoms. The summed E-state index contributed by atoms with van der Waals surface area (Å²) in [6, 6.07) is 9.89. The number of carbonyl (C=O) groups is 1. The second-order valence-corrected chi connectivity index (χ2v) is 7.61. The van der Waals surface area contributed by atoms with Crippen molar-refractivity contribution in [2.75, 3.05) is 24.5 Å². The van der Waals surface area contributed by atoms with Crippen LogP contribution in [-0.4, -0.2) is 46.5 Å². The maximum Gasteiger partial charge on any atom is 0.224 e. The van der Waals surface area contributed by atoms with Crippen molar-refractivity contribution in [2.45, 2.75) is 40.2 Å². The average molecular weight is 368 g/mol. The highest BCUT2D eigenvalue weighted by Gasteiger charge is 2.28. The van der Waals surface area contributed by atoms with Crippen LogP contribution in [0, 0.1) is 12.8 Å². The number of aryl methyl sites for hydroxylation is 1. The fraction of sp³-hybridized carbons (Fsp3) is 0.476. The lowest BCUT2D eigenvalue weighted by atomic mass is 10.1. The molecule has 6 heteroatoms. The number of nitrogens with zero attached hydrogens (tertiary/aromatic N) is 4. The molecule has 6 nitrogen and oxygen atoms in total. The number of rotatable bonds is 5. The molecule has 0 N–H and O–H groups in total. The molecule has 0 radical (unpaired) electrons. The van der Waals surface area contributed by atoms with Crippen LogP contribution in [0.15, 0.2) is 36.7 Å². The van der Waals surface area contributed by atoms with E-state index in [1.807, 2.05) is 42.2 Å². The summed E-state index contributed by atoms with van der Waals surface area (Å²) in [7, 11) is 0. The SMILES string of the molecule is Cc1cccc(Oc2cc(N3CCN(C(=O)CC(C)C)[C@H](C)C3)ncn2)c1. The Kier molecular flexibility index (Phi) is 5.94. The Morgan fingerprint density at radius 2 is 2.07 bits per heavy atom. The Morgan fingerprint density at radius 1 is 1.26 bits per heavy atom. The molecule has 1 aliphatic rings. The number of ether oxygens (including phenoxy) is 1. The zero-order valence-corrected chi connectivity index (χ0v) is 16.6. The minimum absolute atomic E-state index is 0.154. The standard InChI is InChI=1S/C21H28N4O2/c1-15(2)10-21(26)25-9-8-24(13-17(25)4)19-12-20(23-14-22-19)27-18-7-5-6-16(3)11-18/h5-7,11-12,14-15,17H,8-10,13H2,1-4H3/t17-/m1/s1. The topological polar surface area (TPSA) is 58.6 Å². The molecular formula is C21H28N4O2. The Morgan fingerprint density at radius 3 is 2.78 bits per heavy atom. The van der Waals surface area contributed by atoms with Crippen molar-refractivity contribution < 1.29 is 9.53 Å². The quantitative estimate of drug-likeness (QED) is 0.806. The molecule has 2 aromatic rings. The van der Waals surface area contributed by atoms with Crippen LogP contribution in [-0.2, 0) is 4.79 Å². The minimum atomic E-state index is 0.154. The van der Waals surface area contributed by atoms with Gasteiger partial charge in [0.25, 0.3) is 0 Å². The summed E-state index contributed by atoms with van der Waals surface area (Å²) in [6.07, 6.45) is 2.13. The van der Waals surface area contributed by atoms with Gasteiger partial charge in [-0.05, 0) is 37.5 Å². The predicted molar refractivity (Wildman–Crippen MR) is 106 cm³/mol. The van der Waals surface area contributed by atoms with Gasteiger partial charge >= 0.3 is 0 Å². The summed E-state index contributed by atoms with van der Waals surface area (Å²) >= 11 is 0. The van der Waals surface area contributed by atoms with Gasteiger partial charge in [-0.15, -0.1) is 0 Å². The molecule has 1 amide bonds. The number of piperazine rings is 1. The van der Waals surface area contributed by atoms with Gasteiger partial charge in [-0.2, -0.15) is 0 Å². The number of amides is 1. The molecule has 2 heterocycles. The van der Waals surface area contributed by atoms with Crippen LogP contribution >= 0.6 is 0 Å². The minimum Gasteiger partial charge on any atom is -0.439 e. The highest BCUT2D eigenvalue weighted by molar-refractivity contribution is 5.77. The van der Waals surface area contributed by atoms with E-state index in [-0.39, 0.29) is 11.9 Å². The van der Waals surface area contributed by atoms with Crippen LogP contribution in [0.25, 0.3) is 0 Å². The Bertz CT molecular complexity index is 793. The van der Waals surface area contributed by atoms with E-state index in [9.17, 15) is 4.79 Å². The van der Waals surface area contributed by atoms with Gasteiger partial charge in [0.05, 0.1) is 0 Å². The van der Waals surface area contributed by atoms with Gasteiger partial charge in [0, 0.05) is 38.2 Å². The first-order chi connectivity index (χ1) is 12.9. The summed E-state index contributed by atoms with van der Waals surface area (Å²) in [6.45, 7) is 10.5. The van der Waals surface area contributed by atoms with E-state index in [2.05, 4.69) is 35.6 Å². The number of hydrogen-bond acceptors (Lipinski definition) is 5. The van der Waals surface area contributed by atoms with E-state index in [1.54, 1.807) is 0 Å². The van der Waals surface area contributed by atoms with E-state index in [0.29, 0.717) is 24.8 Å². The highest BCUT2D eigenvalue weighted by Crippen LogP contribution is 2.24. The monoisotopic (exact) mass is 368 g/mol. The van der Waals surface area contributed by atoms with E-state index in [1.165, 1.54) is 6.33 Å². The molecular weight excluding hydrogens is 340 g/mol. The van der Waals surface area contributed by atoms with Crippen LogP contribution < -0.4 is 9.64 Å². The van der Waals surface area contributed by atoms with Crippen LogP contribution in [0.1, 0.15) is 32.8 Å². The van der Waals surface area contributed by atoms with Crippen molar-refractivity contribution >= 4 is 11.7 Å². The van der Waals surface area contributed by atoms with Gasteiger partial charge in [-0.1, -0.05) is 26.0 Å². The van der Waals surface area contributed by atoms with Gasteiger partial charge in [0.15, 0.2) is 0 Å². The van der Waals surface area contributed by atoms with Crippen molar-refractivity contribution in [1.82, 2.24) is 14.9 Å². The lowest BCUT2D eigenvalue weighted by molar-refractivity contribution is -0.134. The molecule has 1 fully saturated rings. The van der Waals surface area contributed by atoms with E-state index < -0.39 is 0 Å². The van der Waals surface area contributed by atoms with Gasteiger partial charge in [-0.3, -0.25) is 4.79 Å². The molecule has 0 aliphatic carbocycles. The zero-order valence-electron chi connectivity index (χ0n) is 16.6. The first-order valence-electron chi connectivity index (χ1n) is 9.53. The van der Waals surface area contributed by atoms with E-state index >= 15 is 0 Å². The molecule has 1 aliphatic heterocycles. The van der Waals surface area contributed by atoms with Crippen molar-refractivity contribution in [2.24, 2.45) is 5.92 Å². The van der Waals surface area contributed by atoms with E-state index in [4.69, 9.17) is 4.74 Å². The molecule has 1 atom stereocenters.